The molecule has 2 aromatic carbocycles. The number of nitrogens with one attached hydrogen (secondary N) is 1. The highest BCUT2D eigenvalue weighted by Crippen LogP contribution is 2.23. The molecule has 0 saturated heterocycles. The van der Waals surface area contributed by atoms with Crippen LogP contribution < -0.4 is 10.1 Å². The molecule has 0 fully saturated rings. The first-order valence-electron chi connectivity index (χ1n) is 8.16. The van der Waals surface area contributed by atoms with Gasteiger partial charge in [0.1, 0.15) is 12.4 Å². The molecule has 2 rings (SSSR count). The van der Waals surface area contributed by atoms with E-state index in [1.807, 2.05) is 30.3 Å². The minimum atomic E-state index is 0.275. The van der Waals surface area contributed by atoms with Gasteiger partial charge < -0.3 is 15.2 Å². The molecule has 2 aromatic rings. The highest BCUT2D eigenvalue weighted by Gasteiger charge is 2.03. The summed E-state index contributed by atoms with van der Waals surface area (Å²) in [5, 5.41) is 13.4. The summed E-state index contributed by atoms with van der Waals surface area (Å²) in [4.78, 5) is 0. The van der Waals surface area contributed by atoms with Gasteiger partial charge in [-0.1, -0.05) is 41.4 Å². The van der Waals surface area contributed by atoms with E-state index in [0.29, 0.717) is 16.7 Å². The molecule has 0 aromatic heterocycles. The molecule has 0 unspecified atom stereocenters. The smallest absolute Gasteiger partial charge is 0.120 e. The van der Waals surface area contributed by atoms with Crippen LogP contribution in [-0.4, -0.2) is 18.3 Å². The maximum atomic E-state index is 8.75. The SMILES string of the molecule is OCCCCCNCc1cccc(OCc2ccc(Cl)cc2Cl)c1. The number of aliphatic hydroxyl groups is 1. The zero-order chi connectivity index (χ0) is 17.2. The summed E-state index contributed by atoms with van der Waals surface area (Å²) in [6.07, 6.45) is 3.00. The Hall–Kier alpha value is -1.26. The molecule has 24 heavy (non-hydrogen) atoms. The van der Waals surface area contributed by atoms with Gasteiger partial charge in [0.25, 0.3) is 0 Å². The average molecular weight is 368 g/mol. The Morgan fingerprint density at radius 2 is 1.88 bits per heavy atom. The van der Waals surface area contributed by atoms with Crippen LogP contribution in [0.5, 0.6) is 5.75 Å². The number of halogens is 2. The first-order chi connectivity index (χ1) is 11.7. The van der Waals surface area contributed by atoms with E-state index in [0.717, 1.165) is 43.7 Å². The van der Waals surface area contributed by atoms with Gasteiger partial charge in [-0.3, -0.25) is 0 Å². The topological polar surface area (TPSA) is 41.5 Å². The molecular weight excluding hydrogens is 345 g/mol. The van der Waals surface area contributed by atoms with Crippen molar-refractivity contribution in [3.05, 3.63) is 63.6 Å². The molecule has 0 saturated carbocycles. The van der Waals surface area contributed by atoms with Crippen molar-refractivity contribution in [1.29, 1.82) is 0 Å². The van der Waals surface area contributed by atoms with Gasteiger partial charge in [0.05, 0.1) is 0 Å². The fourth-order valence-corrected chi connectivity index (χ4v) is 2.78. The van der Waals surface area contributed by atoms with Crippen molar-refractivity contribution in [2.75, 3.05) is 13.2 Å². The molecule has 0 atom stereocenters. The van der Waals surface area contributed by atoms with Crippen LogP contribution in [0.3, 0.4) is 0 Å². The van der Waals surface area contributed by atoms with Crippen molar-refractivity contribution >= 4 is 23.2 Å². The summed E-state index contributed by atoms with van der Waals surface area (Å²) in [7, 11) is 0. The third-order valence-corrected chi connectivity index (χ3v) is 4.24. The third kappa shape index (κ3) is 6.70. The molecule has 0 aliphatic rings. The summed E-state index contributed by atoms with van der Waals surface area (Å²) < 4.78 is 5.83. The highest BCUT2D eigenvalue weighted by molar-refractivity contribution is 6.35. The first-order valence-corrected chi connectivity index (χ1v) is 8.92. The van der Waals surface area contributed by atoms with Crippen molar-refractivity contribution in [3.63, 3.8) is 0 Å². The molecule has 2 N–H and O–H groups in total. The van der Waals surface area contributed by atoms with Gasteiger partial charge in [0, 0.05) is 28.8 Å². The number of hydrogen-bond donors (Lipinski definition) is 2. The second-order valence-electron chi connectivity index (χ2n) is 5.63. The molecular formula is C19H23Cl2NO2. The summed E-state index contributed by atoms with van der Waals surface area (Å²) in [5.41, 5.74) is 2.09. The minimum Gasteiger partial charge on any atom is -0.489 e. The lowest BCUT2D eigenvalue weighted by Gasteiger charge is -2.10. The van der Waals surface area contributed by atoms with Gasteiger partial charge in [0.15, 0.2) is 0 Å². The minimum absolute atomic E-state index is 0.275. The van der Waals surface area contributed by atoms with Crippen LogP contribution in [-0.2, 0) is 13.2 Å². The zero-order valence-corrected chi connectivity index (χ0v) is 15.1. The lowest BCUT2D eigenvalue weighted by molar-refractivity contribution is 0.283. The zero-order valence-electron chi connectivity index (χ0n) is 13.6. The van der Waals surface area contributed by atoms with E-state index in [1.165, 1.54) is 5.56 Å². The van der Waals surface area contributed by atoms with Crippen molar-refractivity contribution in [1.82, 2.24) is 5.32 Å². The fourth-order valence-electron chi connectivity index (χ4n) is 2.32. The standard InChI is InChI=1S/C19H23Cl2NO2/c20-17-8-7-16(19(21)12-17)14-24-18-6-4-5-15(11-18)13-22-9-2-1-3-10-23/h4-8,11-12,22-23H,1-3,9-10,13-14H2. The number of hydrogen-bond acceptors (Lipinski definition) is 3. The summed E-state index contributed by atoms with van der Waals surface area (Å²) in [6.45, 7) is 2.44. The van der Waals surface area contributed by atoms with Gasteiger partial charge >= 0.3 is 0 Å². The fraction of sp³-hybridized carbons (Fsp3) is 0.368. The van der Waals surface area contributed by atoms with Crippen LogP contribution in [0.25, 0.3) is 0 Å². The summed E-state index contributed by atoms with van der Waals surface area (Å²) in [5.74, 6) is 0.820. The van der Waals surface area contributed by atoms with Gasteiger partial charge in [-0.25, -0.2) is 0 Å². The van der Waals surface area contributed by atoms with Crippen molar-refractivity contribution in [2.45, 2.75) is 32.4 Å². The maximum Gasteiger partial charge on any atom is 0.120 e. The second-order valence-corrected chi connectivity index (χ2v) is 6.48. The number of rotatable bonds is 10. The maximum absolute atomic E-state index is 8.75. The monoisotopic (exact) mass is 367 g/mol. The Morgan fingerprint density at radius 1 is 1.00 bits per heavy atom. The summed E-state index contributed by atoms with van der Waals surface area (Å²) >= 11 is 12.1. The average Bonchev–Trinajstić information content (AvgIpc) is 2.58. The van der Waals surface area contributed by atoms with Crippen molar-refractivity contribution < 1.29 is 9.84 Å². The largest absolute Gasteiger partial charge is 0.489 e. The Morgan fingerprint density at radius 3 is 2.67 bits per heavy atom. The van der Waals surface area contributed by atoms with E-state index in [2.05, 4.69) is 11.4 Å². The molecule has 5 heteroatoms. The van der Waals surface area contributed by atoms with Crippen molar-refractivity contribution in [3.8, 4) is 5.75 Å². The van der Waals surface area contributed by atoms with E-state index in [1.54, 1.807) is 6.07 Å². The van der Waals surface area contributed by atoms with Crippen LogP contribution in [0, 0.1) is 0 Å². The number of ether oxygens (including phenoxy) is 1. The first kappa shape index (κ1) is 19.1. The number of benzene rings is 2. The van der Waals surface area contributed by atoms with E-state index >= 15 is 0 Å². The third-order valence-electron chi connectivity index (χ3n) is 3.65. The predicted molar refractivity (Wildman–Crippen MR) is 99.9 cm³/mol. The van der Waals surface area contributed by atoms with Gasteiger partial charge in [-0.2, -0.15) is 0 Å². The second kappa shape index (κ2) is 10.6. The molecule has 0 radical (unpaired) electrons. The molecule has 3 nitrogen and oxygen atoms in total. The van der Waals surface area contributed by atoms with Crippen LogP contribution in [0.4, 0.5) is 0 Å². The Bertz CT molecular complexity index is 635. The molecule has 0 amide bonds. The van der Waals surface area contributed by atoms with Crippen LogP contribution in [0.2, 0.25) is 10.0 Å². The van der Waals surface area contributed by atoms with Crippen molar-refractivity contribution in [2.24, 2.45) is 0 Å². The Labute approximate surface area is 153 Å². The summed E-state index contributed by atoms with van der Waals surface area (Å²) in [6, 6.07) is 13.4. The lowest BCUT2D eigenvalue weighted by Crippen LogP contribution is -2.14. The quantitative estimate of drug-likeness (QED) is 0.591. The Balaban J connectivity index is 1.79. The van der Waals surface area contributed by atoms with Crippen LogP contribution in [0.1, 0.15) is 30.4 Å². The lowest BCUT2D eigenvalue weighted by atomic mass is 10.2. The van der Waals surface area contributed by atoms with Gasteiger partial charge in [-0.15, -0.1) is 0 Å². The van der Waals surface area contributed by atoms with Crippen LogP contribution >= 0.6 is 23.2 Å². The molecule has 0 aliphatic carbocycles. The van der Waals surface area contributed by atoms with E-state index in [9.17, 15) is 0 Å². The molecule has 0 spiro atoms. The number of aliphatic hydroxyl groups excluding tert-OH is 1. The van der Waals surface area contributed by atoms with E-state index in [4.69, 9.17) is 33.0 Å². The molecule has 0 aliphatic heterocycles. The Kier molecular flexibility index (Phi) is 8.40. The highest BCUT2D eigenvalue weighted by atomic mass is 35.5. The van der Waals surface area contributed by atoms with Gasteiger partial charge in [0.2, 0.25) is 0 Å². The predicted octanol–water partition coefficient (Wildman–Crippen LogP) is 4.82. The molecule has 0 heterocycles. The van der Waals surface area contributed by atoms with Crippen LogP contribution in [0.15, 0.2) is 42.5 Å². The van der Waals surface area contributed by atoms with E-state index in [-0.39, 0.29) is 6.61 Å². The normalized spacial score (nSPS) is 10.8. The molecule has 0 bridgehead atoms. The molecule has 130 valence electrons. The number of unbranched alkanes of at least 4 members (excludes halogenated alkanes) is 2. The van der Waals surface area contributed by atoms with E-state index < -0.39 is 0 Å². The van der Waals surface area contributed by atoms with Gasteiger partial charge in [-0.05, 0) is 55.6 Å².